The summed E-state index contributed by atoms with van der Waals surface area (Å²) in [7, 11) is 0. The van der Waals surface area contributed by atoms with Crippen LogP contribution in [0.5, 0.6) is 0 Å². The monoisotopic (exact) mass is 827 g/mol. The number of nitrogens with two attached hydrogens (primary N) is 4. The van der Waals surface area contributed by atoms with E-state index in [1.165, 1.54) is 4.90 Å². The van der Waals surface area contributed by atoms with Crippen molar-refractivity contribution in [2.75, 3.05) is 26.2 Å². The second-order valence-corrected chi connectivity index (χ2v) is 14.4. The summed E-state index contributed by atoms with van der Waals surface area (Å²) in [6, 6.07) is -7.44. The number of carboxylic acids is 3. The van der Waals surface area contributed by atoms with E-state index in [0.29, 0.717) is 25.8 Å². The second kappa shape index (κ2) is 26.4. The molecule has 1 rings (SSSR count). The summed E-state index contributed by atoms with van der Waals surface area (Å²) in [4.78, 5) is 118. The standard InChI is InChI=1S/C35H61N11O12/c1-19(2)17-24(31(54)43-22(8-5-15-40-35(38)39)30(53)44-23(34(57)58)11-13-28(50)51)45-29(52)21(7-3-4-14-36)42-26(47)18-41-32(55)25-9-6-16-46(25)33(56)20(37)10-12-27(48)49/h19-25H,3-18,36-37H2,1-2H3,(H,41,55)(H,42,47)(H,43,54)(H,44,53)(H,45,52)(H,48,49)(H,50,51)(H,57,58)(H4,38,39,40)/t20-,21-,22-,23-,24-,25-/m0/s1. The van der Waals surface area contributed by atoms with E-state index in [0.717, 1.165) is 0 Å². The van der Waals surface area contributed by atoms with Crippen LogP contribution < -0.4 is 49.5 Å². The molecule has 0 saturated carbocycles. The Kier molecular flexibility index (Phi) is 22.9. The summed E-state index contributed by atoms with van der Waals surface area (Å²) < 4.78 is 0. The third-order valence-electron chi connectivity index (χ3n) is 9.03. The van der Waals surface area contributed by atoms with Crippen molar-refractivity contribution in [3.8, 4) is 0 Å². The predicted octanol–water partition coefficient (Wildman–Crippen LogP) is -3.60. The van der Waals surface area contributed by atoms with Crippen molar-refractivity contribution in [1.82, 2.24) is 31.5 Å². The average Bonchev–Trinajstić information content (AvgIpc) is 3.64. The van der Waals surface area contributed by atoms with Crippen molar-refractivity contribution in [3.63, 3.8) is 0 Å². The second-order valence-electron chi connectivity index (χ2n) is 14.4. The van der Waals surface area contributed by atoms with Gasteiger partial charge in [-0.2, -0.15) is 0 Å². The summed E-state index contributed by atoms with van der Waals surface area (Å²) in [6.07, 6.45) is 0.495. The fourth-order valence-electron chi connectivity index (χ4n) is 6.03. The molecule has 0 spiro atoms. The zero-order chi connectivity index (χ0) is 43.9. The van der Waals surface area contributed by atoms with Crippen LogP contribution in [0.3, 0.4) is 0 Å². The Morgan fingerprint density at radius 2 is 1.29 bits per heavy atom. The van der Waals surface area contributed by atoms with Gasteiger partial charge in [0.25, 0.3) is 0 Å². The molecule has 0 unspecified atom stereocenters. The van der Waals surface area contributed by atoms with Gasteiger partial charge in [-0.3, -0.25) is 43.3 Å². The molecule has 1 heterocycles. The number of carbonyl (C=O) groups is 9. The molecule has 16 N–H and O–H groups in total. The molecule has 0 aromatic carbocycles. The number of likely N-dealkylation sites (tertiary alicyclic amines) is 1. The first-order chi connectivity index (χ1) is 27.3. The van der Waals surface area contributed by atoms with Crippen molar-refractivity contribution in [3.05, 3.63) is 0 Å². The number of hydrogen-bond acceptors (Lipinski definition) is 12. The number of unbranched alkanes of at least 4 members (excludes halogenated alkanes) is 1. The van der Waals surface area contributed by atoms with E-state index in [9.17, 15) is 48.3 Å². The van der Waals surface area contributed by atoms with E-state index in [-0.39, 0.29) is 69.9 Å². The molecule has 1 fully saturated rings. The Morgan fingerprint density at radius 1 is 0.741 bits per heavy atom. The molecule has 328 valence electrons. The Hall–Kier alpha value is -5.58. The first-order valence-corrected chi connectivity index (χ1v) is 19.2. The molecule has 1 aliphatic heterocycles. The fourth-order valence-corrected chi connectivity index (χ4v) is 6.03. The topological polar surface area (TPSA) is 394 Å². The van der Waals surface area contributed by atoms with E-state index in [1.807, 2.05) is 0 Å². The van der Waals surface area contributed by atoms with Crippen molar-refractivity contribution in [2.45, 2.75) is 127 Å². The lowest BCUT2D eigenvalue weighted by Crippen LogP contribution is -2.58. The number of nitrogens with one attached hydrogen (secondary N) is 5. The van der Waals surface area contributed by atoms with E-state index in [1.54, 1.807) is 13.8 Å². The van der Waals surface area contributed by atoms with E-state index in [2.05, 4.69) is 31.6 Å². The highest BCUT2D eigenvalue weighted by Crippen LogP contribution is 2.19. The molecule has 58 heavy (non-hydrogen) atoms. The molecule has 6 amide bonds. The van der Waals surface area contributed by atoms with Gasteiger partial charge in [-0.25, -0.2) is 4.79 Å². The van der Waals surface area contributed by atoms with Gasteiger partial charge in [0.2, 0.25) is 35.4 Å². The molecule has 1 saturated heterocycles. The quantitative estimate of drug-likeness (QED) is 0.0206. The minimum atomic E-state index is -1.58. The molecule has 6 atom stereocenters. The summed E-state index contributed by atoms with van der Waals surface area (Å²) >= 11 is 0. The lowest BCUT2D eigenvalue weighted by Gasteiger charge is -2.27. The number of aliphatic imine (C=N–C) groups is 1. The van der Waals surface area contributed by atoms with Crippen LogP contribution in [0, 0.1) is 5.92 Å². The van der Waals surface area contributed by atoms with Gasteiger partial charge in [0.05, 0.1) is 12.6 Å². The van der Waals surface area contributed by atoms with Crippen LogP contribution in [-0.4, -0.2) is 142 Å². The zero-order valence-corrected chi connectivity index (χ0v) is 33.1. The molecule has 23 heteroatoms. The van der Waals surface area contributed by atoms with Crippen molar-refractivity contribution in [2.24, 2.45) is 33.8 Å². The molecule has 0 aliphatic carbocycles. The van der Waals surface area contributed by atoms with Gasteiger partial charge >= 0.3 is 17.9 Å². The molecular weight excluding hydrogens is 766 g/mol. The van der Waals surface area contributed by atoms with Gasteiger partial charge in [0, 0.05) is 25.9 Å². The molecule has 1 aliphatic rings. The normalized spacial score (nSPS) is 16.2. The lowest BCUT2D eigenvalue weighted by molar-refractivity contribution is -0.143. The third-order valence-corrected chi connectivity index (χ3v) is 9.03. The third kappa shape index (κ3) is 19.5. The molecule has 0 bridgehead atoms. The average molecular weight is 828 g/mol. The first-order valence-electron chi connectivity index (χ1n) is 19.2. The van der Waals surface area contributed by atoms with Gasteiger partial charge in [-0.15, -0.1) is 0 Å². The van der Waals surface area contributed by atoms with Crippen molar-refractivity contribution >= 4 is 59.3 Å². The van der Waals surface area contributed by atoms with E-state index in [4.69, 9.17) is 33.1 Å². The molecule has 0 aromatic rings. The van der Waals surface area contributed by atoms with Crippen LogP contribution in [0.4, 0.5) is 0 Å². The summed E-state index contributed by atoms with van der Waals surface area (Å²) in [5.74, 6) is -8.75. The minimum Gasteiger partial charge on any atom is -0.481 e. The van der Waals surface area contributed by atoms with Crippen LogP contribution in [0.15, 0.2) is 4.99 Å². The fraction of sp³-hybridized carbons (Fsp3) is 0.714. The lowest BCUT2D eigenvalue weighted by atomic mass is 10.0. The van der Waals surface area contributed by atoms with E-state index < -0.39 is 109 Å². The van der Waals surface area contributed by atoms with Gasteiger partial charge in [0.15, 0.2) is 5.96 Å². The highest BCUT2D eigenvalue weighted by Gasteiger charge is 2.37. The number of aliphatic carboxylic acids is 3. The van der Waals surface area contributed by atoms with Crippen LogP contribution in [0.1, 0.15) is 90.9 Å². The van der Waals surface area contributed by atoms with Crippen molar-refractivity contribution < 1.29 is 58.5 Å². The largest absolute Gasteiger partial charge is 0.481 e. The molecule has 0 radical (unpaired) electrons. The van der Waals surface area contributed by atoms with Crippen LogP contribution >= 0.6 is 0 Å². The maximum absolute atomic E-state index is 13.7. The SMILES string of the molecule is CC(C)C[C@H](NC(=O)[C@H](CCCCN)NC(=O)CNC(=O)[C@@H]1CCCN1C(=O)[C@@H](N)CCC(=O)O)C(=O)N[C@@H](CCCN=C(N)N)C(=O)N[C@@H](CCC(=O)O)C(=O)O. The number of carbonyl (C=O) groups excluding carboxylic acids is 6. The minimum absolute atomic E-state index is 0.0555. The highest BCUT2D eigenvalue weighted by atomic mass is 16.4. The summed E-state index contributed by atoms with van der Waals surface area (Å²) in [5, 5.41) is 39.9. The van der Waals surface area contributed by atoms with Gasteiger partial charge in [0.1, 0.15) is 30.2 Å². The van der Waals surface area contributed by atoms with Crippen molar-refractivity contribution in [1.29, 1.82) is 0 Å². The van der Waals surface area contributed by atoms with Crippen LogP contribution in [0.2, 0.25) is 0 Å². The Labute approximate surface area is 336 Å². The molecule has 23 nitrogen and oxygen atoms in total. The molecular formula is C35H61N11O12. The van der Waals surface area contributed by atoms with Crippen LogP contribution in [0.25, 0.3) is 0 Å². The number of nitrogens with zero attached hydrogens (tertiary/aromatic N) is 2. The predicted molar refractivity (Wildman–Crippen MR) is 207 cm³/mol. The summed E-state index contributed by atoms with van der Waals surface area (Å²) in [5.41, 5.74) is 22.2. The van der Waals surface area contributed by atoms with E-state index >= 15 is 0 Å². The number of hydrogen-bond donors (Lipinski definition) is 12. The summed E-state index contributed by atoms with van der Waals surface area (Å²) in [6.45, 7) is 3.55. The van der Waals surface area contributed by atoms with Gasteiger partial charge < -0.3 is 69.7 Å². The number of carboxylic acid groups (broad SMARTS) is 3. The maximum atomic E-state index is 13.7. The Morgan fingerprint density at radius 3 is 1.86 bits per heavy atom. The highest BCUT2D eigenvalue weighted by molar-refractivity contribution is 5.96. The Bertz CT molecular complexity index is 1470. The van der Waals surface area contributed by atoms with Gasteiger partial charge in [-0.05, 0) is 76.7 Å². The number of guanidine groups is 1. The Balaban J connectivity index is 3.12. The smallest absolute Gasteiger partial charge is 0.326 e. The number of amides is 6. The molecule has 0 aromatic heterocycles. The van der Waals surface area contributed by atoms with Gasteiger partial charge in [-0.1, -0.05) is 13.8 Å². The zero-order valence-electron chi connectivity index (χ0n) is 33.1. The maximum Gasteiger partial charge on any atom is 0.326 e. The van der Waals surface area contributed by atoms with Crippen LogP contribution in [-0.2, 0) is 43.2 Å². The first kappa shape index (κ1) is 50.4. The number of rotatable bonds is 28.